The van der Waals surface area contributed by atoms with Crippen molar-refractivity contribution >= 4 is 22.8 Å². The van der Waals surface area contributed by atoms with E-state index in [2.05, 4.69) is 14.7 Å². The van der Waals surface area contributed by atoms with E-state index < -0.39 is 5.97 Å². The largest absolute Gasteiger partial charge is 0.464 e. The molecular weight excluding hydrogens is 196 g/mol. The Morgan fingerprint density at radius 3 is 2.73 bits per heavy atom. The molecule has 2 aromatic heterocycles. The number of carbonyl (C=O) groups excluding carboxylic acids is 1. The highest BCUT2D eigenvalue weighted by Gasteiger charge is 2.20. The summed E-state index contributed by atoms with van der Waals surface area (Å²) >= 11 is 0. The van der Waals surface area contributed by atoms with Crippen LogP contribution in [0, 0.1) is 0 Å². The lowest BCUT2D eigenvalue weighted by molar-refractivity contribution is 0.0591. The molecule has 0 saturated heterocycles. The number of nitrogens with two attached hydrogens (primary N) is 1. The first kappa shape index (κ1) is 9.45. The first-order valence-corrected chi connectivity index (χ1v) is 4.30. The minimum atomic E-state index is -0.491. The Balaban J connectivity index is 2.81. The third-order valence-electron chi connectivity index (χ3n) is 2.22. The molecule has 15 heavy (non-hydrogen) atoms. The average molecular weight is 206 g/mol. The quantitative estimate of drug-likeness (QED) is 0.680. The maximum atomic E-state index is 11.4. The van der Waals surface area contributed by atoms with Crippen LogP contribution in [0.3, 0.4) is 0 Å². The molecule has 0 aliphatic carbocycles. The Kier molecular flexibility index (Phi) is 2.03. The van der Waals surface area contributed by atoms with Gasteiger partial charge in [-0.1, -0.05) is 0 Å². The third-order valence-corrected chi connectivity index (χ3v) is 2.22. The van der Waals surface area contributed by atoms with Crippen LogP contribution in [-0.4, -0.2) is 27.6 Å². The van der Waals surface area contributed by atoms with Crippen molar-refractivity contribution in [3.63, 3.8) is 0 Å². The van der Waals surface area contributed by atoms with Crippen LogP contribution >= 0.6 is 0 Å². The number of nitrogens with zero attached hydrogens (tertiary/aromatic N) is 3. The van der Waals surface area contributed by atoms with E-state index in [1.807, 2.05) is 0 Å². The predicted octanol–water partition coefficient (Wildman–Crippen LogP) is 0.337. The number of anilines is 1. The number of rotatable bonds is 1. The molecule has 0 aliphatic rings. The van der Waals surface area contributed by atoms with Gasteiger partial charge in [0, 0.05) is 19.4 Å². The number of carbonyl (C=O) groups is 1. The maximum absolute atomic E-state index is 11.4. The third kappa shape index (κ3) is 1.22. The van der Waals surface area contributed by atoms with Gasteiger partial charge in [0.25, 0.3) is 0 Å². The first-order valence-electron chi connectivity index (χ1n) is 4.30. The summed E-state index contributed by atoms with van der Waals surface area (Å²) in [6.45, 7) is 0. The lowest BCUT2D eigenvalue weighted by atomic mass is 10.3. The van der Waals surface area contributed by atoms with Crippen molar-refractivity contribution in [2.24, 2.45) is 7.05 Å². The highest BCUT2D eigenvalue weighted by atomic mass is 16.5. The second-order valence-electron chi connectivity index (χ2n) is 3.04. The van der Waals surface area contributed by atoms with Gasteiger partial charge < -0.3 is 15.0 Å². The standard InChI is InChI=1S/C9H10N4O2/c1-13-7(9(14)15-2)5(10)6-8(13)12-4-3-11-6/h3-4H,10H2,1-2H3. The molecule has 0 atom stereocenters. The van der Waals surface area contributed by atoms with Gasteiger partial charge in [-0.25, -0.2) is 14.8 Å². The Morgan fingerprint density at radius 2 is 2.13 bits per heavy atom. The highest BCUT2D eigenvalue weighted by Crippen LogP contribution is 2.24. The molecule has 78 valence electrons. The molecule has 0 saturated carbocycles. The lowest BCUT2D eigenvalue weighted by Gasteiger charge is -2.01. The summed E-state index contributed by atoms with van der Waals surface area (Å²) in [5, 5.41) is 0. The first-order chi connectivity index (χ1) is 7.16. The number of esters is 1. The van der Waals surface area contributed by atoms with Crippen molar-refractivity contribution in [1.82, 2.24) is 14.5 Å². The van der Waals surface area contributed by atoms with Crippen LogP contribution in [0.15, 0.2) is 12.4 Å². The molecule has 2 N–H and O–H groups in total. The Morgan fingerprint density at radius 1 is 1.47 bits per heavy atom. The molecule has 0 aromatic carbocycles. The Labute approximate surface area is 85.7 Å². The highest BCUT2D eigenvalue weighted by molar-refractivity contribution is 6.03. The minimum absolute atomic E-state index is 0.277. The van der Waals surface area contributed by atoms with Gasteiger partial charge in [0.1, 0.15) is 5.52 Å². The van der Waals surface area contributed by atoms with Gasteiger partial charge in [-0.3, -0.25) is 0 Å². The van der Waals surface area contributed by atoms with Crippen LogP contribution in [-0.2, 0) is 11.8 Å². The van der Waals surface area contributed by atoms with E-state index >= 15 is 0 Å². The van der Waals surface area contributed by atoms with Gasteiger partial charge >= 0.3 is 5.97 Å². The Hall–Kier alpha value is -2.11. The second kappa shape index (κ2) is 3.23. The fourth-order valence-corrected chi connectivity index (χ4v) is 1.51. The van der Waals surface area contributed by atoms with E-state index in [1.54, 1.807) is 17.8 Å². The molecule has 0 radical (unpaired) electrons. The fraction of sp³-hybridized carbons (Fsp3) is 0.222. The summed E-state index contributed by atoms with van der Waals surface area (Å²) in [6, 6.07) is 0. The van der Waals surface area contributed by atoms with E-state index in [1.165, 1.54) is 13.3 Å². The van der Waals surface area contributed by atoms with Crippen molar-refractivity contribution in [2.75, 3.05) is 12.8 Å². The molecular formula is C9H10N4O2. The van der Waals surface area contributed by atoms with Crippen LogP contribution in [0.1, 0.15) is 10.5 Å². The van der Waals surface area contributed by atoms with Crippen molar-refractivity contribution in [3.05, 3.63) is 18.1 Å². The van der Waals surface area contributed by atoms with Gasteiger partial charge in [0.15, 0.2) is 11.3 Å². The fourth-order valence-electron chi connectivity index (χ4n) is 1.51. The van der Waals surface area contributed by atoms with E-state index in [4.69, 9.17) is 5.73 Å². The van der Waals surface area contributed by atoms with Gasteiger partial charge in [-0.05, 0) is 0 Å². The number of nitrogen functional groups attached to an aromatic ring is 1. The molecule has 0 spiro atoms. The van der Waals surface area contributed by atoms with Crippen molar-refractivity contribution in [2.45, 2.75) is 0 Å². The van der Waals surface area contributed by atoms with Gasteiger partial charge in [0.2, 0.25) is 0 Å². The smallest absolute Gasteiger partial charge is 0.356 e. The Bertz CT molecular complexity index is 493. The zero-order valence-electron chi connectivity index (χ0n) is 8.39. The summed E-state index contributed by atoms with van der Waals surface area (Å²) in [5.41, 5.74) is 7.45. The predicted molar refractivity (Wildman–Crippen MR) is 54.3 cm³/mol. The topological polar surface area (TPSA) is 83.0 Å². The number of ether oxygens (including phenoxy) is 1. The van der Waals surface area contributed by atoms with Crippen molar-refractivity contribution < 1.29 is 9.53 Å². The van der Waals surface area contributed by atoms with E-state index in [0.29, 0.717) is 16.9 Å². The monoisotopic (exact) mass is 206 g/mol. The SMILES string of the molecule is COC(=O)c1c(N)c2nccnc2n1C. The molecule has 0 unspecified atom stereocenters. The summed E-state index contributed by atoms with van der Waals surface area (Å²) in [6.07, 6.45) is 3.07. The van der Waals surface area contributed by atoms with Crippen LogP contribution in [0.25, 0.3) is 11.2 Å². The lowest BCUT2D eigenvalue weighted by Crippen LogP contribution is -2.09. The number of methoxy groups -OCH3 is 1. The number of hydrogen-bond donors (Lipinski definition) is 1. The summed E-state index contributed by atoms with van der Waals surface area (Å²) in [7, 11) is 3.00. The van der Waals surface area contributed by atoms with Gasteiger partial charge in [-0.15, -0.1) is 0 Å². The number of hydrogen-bond acceptors (Lipinski definition) is 5. The van der Waals surface area contributed by atoms with Gasteiger partial charge in [-0.2, -0.15) is 0 Å². The number of aromatic nitrogens is 3. The van der Waals surface area contributed by atoms with Crippen molar-refractivity contribution in [1.29, 1.82) is 0 Å². The zero-order chi connectivity index (χ0) is 11.0. The average Bonchev–Trinajstić information content (AvgIpc) is 2.52. The molecule has 0 bridgehead atoms. The maximum Gasteiger partial charge on any atom is 0.356 e. The van der Waals surface area contributed by atoms with Crippen LogP contribution < -0.4 is 5.73 Å². The van der Waals surface area contributed by atoms with E-state index in [-0.39, 0.29) is 5.69 Å². The minimum Gasteiger partial charge on any atom is -0.464 e. The molecule has 6 nitrogen and oxygen atoms in total. The van der Waals surface area contributed by atoms with E-state index in [9.17, 15) is 4.79 Å². The molecule has 0 amide bonds. The molecule has 0 fully saturated rings. The van der Waals surface area contributed by atoms with Crippen LogP contribution in [0.4, 0.5) is 5.69 Å². The summed E-state index contributed by atoms with van der Waals surface area (Å²) < 4.78 is 6.21. The van der Waals surface area contributed by atoms with E-state index in [0.717, 1.165) is 0 Å². The summed E-state index contributed by atoms with van der Waals surface area (Å²) in [5.74, 6) is -0.491. The molecule has 2 heterocycles. The summed E-state index contributed by atoms with van der Waals surface area (Å²) in [4.78, 5) is 19.6. The van der Waals surface area contributed by atoms with Crippen LogP contribution in [0.2, 0.25) is 0 Å². The molecule has 6 heteroatoms. The normalized spacial score (nSPS) is 10.5. The van der Waals surface area contributed by atoms with Gasteiger partial charge in [0.05, 0.1) is 12.8 Å². The van der Waals surface area contributed by atoms with Crippen molar-refractivity contribution in [3.8, 4) is 0 Å². The second-order valence-corrected chi connectivity index (χ2v) is 3.04. The number of fused-ring (bicyclic) bond motifs is 1. The molecule has 2 aromatic rings. The van der Waals surface area contributed by atoms with Crippen LogP contribution in [0.5, 0.6) is 0 Å². The molecule has 0 aliphatic heterocycles. The molecule has 2 rings (SSSR count). The number of aryl methyl sites for hydroxylation is 1. The zero-order valence-corrected chi connectivity index (χ0v) is 8.39.